The highest BCUT2D eigenvalue weighted by atomic mass is 35.5. The van der Waals surface area contributed by atoms with Gasteiger partial charge in [-0.1, -0.05) is 11.6 Å². The van der Waals surface area contributed by atoms with Crippen LogP contribution in [0.4, 0.5) is 17.2 Å². The first-order valence-electron chi connectivity index (χ1n) is 5.54. The molecule has 0 unspecified atom stereocenters. The van der Waals surface area contributed by atoms with E-state index >= 15 is 0 Å². The summed E-state index contributed by atoms with van der Waals surface area (Å²) in [5.74, 6) is 1.87. The number of benzene rings is 1. The maximum atomic E-state index is 6.07. The van der Waals surface area contributed by atoms with Gasteiger partial charge in [-0.05, 0) is 18.2 Å². The van der Waals surface area contributed by atoms with Gasteiger partial charge >= 0.3 is 0 Å². The third kappa shape index (κ3) is 3.00. The molecule has 0 radical (unpaired) electrons. The molecule has 0 saturated heterocycles. The standard InChI is InChI=1S/C13H14ClN3O2/c1-18-9-3-4-12(19-2)11(6-9)17-13-10(14)5-8(15)7-16-13/h3-7H,15H2,1-2H3,(H,16,17). The smallest absolute Gasteiger partial charge is 0.149 e. The Kier molecular flexibility index (Phi) is 3.97. The molecule has 5 nitrogen and oxygen atoms in total. The molecule has 2 rings (SSSR count). The second-order valence-electron chi connectivity index (χ2n) is 3.79. The van der Waals surface area contributed by atoms with Crippen LogP contribution in [0, 0.1) is 0 Å². The van der Waals surface area contributed by atoms with Crippen LogP contribution in [-0.2, 0) is 0 Å². The number of nitrogens with zero attached hydrogens (tertiary/aromatic N) is 1. The lowest BCUT2D eigenvalue weighted by molar-refractivity contribution is 0.405. The lowest BCUT2D eigenvalue weighted by Gasteiger charge is -2.13. The highest BCUT2D eigenvalue weighted by Crippen LogP contribution is 2.33. The first-order chi connectivity index (χ1) is 9.13. The summed E-state index contributed by atoms with van der Waals surface area (Å²) >= 11 is 6.07. The maximum Gasteiger partial charge on any atom is 0.149 e. The summed E-state index contributed by atoms with van der Waals surface area (Å²) in [6.45, 7) is 0. The molecular formula is C13H14ClN3O2. The van der Waals surface area contributed by atoms with Crippen LogP contribution in [0.15, 0.2) is 30.5 Å². The predicted octanol–water partition coefficient (Wildman–Crippen LogP) is 3.08. The Labute approximate surface area is 116 Å². The number of nitrogens with two attached hydrogens (primary N) is 1. The minimum absolute atomic E-state index is 0.435. The molecule has 1 aromatic heterocycles. The van der Waals surface area contributed by atoms with Crippen molar-refractivity contribution in [1.82, 2.24) is 4.98 Å². The molecule has 0 spiro atoms. The fourth-order valence-corrected chi connectivity index (χ4v) is 1.81. The van der Waals surface area contributed by atoms with Gasteiger partial charge in [0.15, 0.2) is 0 Å². The van der Waals surface area contributed by atoms with Gasteiger partial charge < -0.3 is 20.5 Å². The largest absolute Gasteiger partial charge is 0.497 e. The van der Waals surface area contributed by atoms with Crippen LogP contribution in [0.5, 0.6) is 11.5 Å². The first kappa shape index (κ1) is 13.3. The summed E-state index contributed by atoms with van der Waals surface area (Å²) in [6, 6.07) is 7.03. The highest BCUT2D eigenvalue weighted by molar-refractivity contribution is 6.33. The van der Waals surface area contributed by atoms with Crippen LogP contribution in [0.3, 0.4) is 0 Å². The van der Waals surface area contributed by atoms with E-state index in [9.17, 15) is 0 Å². The van der Waals surface area contributed by atoms with E-state index in [1.54, 1.807) is 32.4 Å². The number of nitrogen functional groups attached to an aromatic ring is 1. The summed E-state index contributed by atoms with van der Waals surface area (Å²) in [6.07, 6.45) is 1.53. The number of anilines is 3. The summed E-state index contributed by atoms with van der Waals surface area (Å²) in [5.41, 5.74) is 6.82. The first-order valence-corrected chi connectivity index (χ1v) is 5.92. The molecule has 3 N–H and O–H groups in total. The van der Waals surface area contributed by atoms with Gasteiger partial charge in [-0.3, -0.25) is 0 Å². The molecule has 100 valence electrons. The van der Waals surface area contributed by atoms with Crippen LogP contribution < -0.4 is 20.5 Å². The van der Waals surface area contributed by atoms with Gasteiger partial charge in [0.05, 0.1) is 36.8 Å². The lowest BCUT2D eigenvalue weighted by atomic mass is 10.2. The number of rotatable bonds is 4. The monoisotopic (exact) mass is 279 g/mol. The number of methoxy groups -OCH3 is 2. The van der Waals surface area contributed by atoms with Crippen molar-refractivity contribution in [2.24, 2.45) is 0 Å². The van der Waals surface area contributed by atoms with Gasteiger partial charge in [0.1, 0.15) is 17.3 Å². The Morgan fingerprint density at radius 1 is 1.21 bits per heavy atom. The van der Waals surface area contributed by atoms with Crippen LogP contribution >= 0.6 is 11.6 Å². The number of pyridine rings is 1. The van der Waals surface area contributed by atoms with Crippen molar-refractivity contribution in [3.63, 3.8) is 0 Å². The van der Waals surface area contributed by atoms with Gasteiger partial charge in [0.2, 0.25) is 0 Å². The van der Waals surface area contributed by atoms with Crippen LogP contribution in [0.2, 0.25) is 5.02 Å². The quantitative estimate of drug-likeness (QED) is 0.900. The maximum absolute atomic E-state index is 6.07. The molecule has 19 heavy (non-hydrogen) atoms. The Bertz CT molecular complexity index is 590. The van der Waals surface area contributed by atoms with Crippen molar-refractivity contribution in [2.45, 2.75) is 0 Å². The van der Waals surface area contributed by atoms with E-state index in [0.29, 0.717) is 33.7 Å². The molecule has 1 heterocycles. The molecule has 1 aromatic carbocycles. The van der Waals surface area contributed by atoms with Crippen LogP contribution in [0.1, 0.15) is 0 Å². The number of nitrogens with one attached hydrogen (secondary N) is 1. The zero-order valence-electron chi connectivity index (χ0n) is 10.6. The second-order valence-corrected chi connectivity index (χ2v) is 4.20. The van der Waals surface area contributed by atoms with E-state index in [4.69, 9.17) is 26.8 Å². The van der Waals surface area contributed by atoms with Crippen molar-refractivity contribution in [3.8, 4) is 11.5 Å². The number of hydrogen-bond donors (Lipinski definition) is 2. The summed E-state index contributed by atoms with van der Waals surface area (Å²) < 4.78 is 10.4. The molecule has 6 heteroatoms. The van der Waals surface area contributed by atoms with Crippen molar-refractivity contribution >= 4 is 28.8 Å². The van der Waals surface area contributed by atoms with Crippen molar-refractivity contribution in [3.05, 3.63) is 35.5 Å². The molecule has 0 saturated carbocycles. The molecule has 0 bridgehead atoms. The highest BCUT2D eigenvalue weighted by Gasteiger charge is 2.08. The summed E-state index contributed by atoms with van der Waals surface area (Å²) in [7, 11) is 3.19. The SMILES string of the molecule is COc1ccc(OC)c(Nc2ncc(N)cc2Cl)c1. The number of ether oxygens (including phenoxy) is 2. The van der Waals surface area contributed by atoms with Crippen LogP contribution in [0.25, 0.3) is 0 Å². The Hall–Kier alpha value is -2.14. The molecular weight excluding hydrogens is 266 g/mol. The molecule has 0 atom stereocenters. The van der Waals surface area contributed by atoms with Gasteiger partial charge in [-0.15, -0.1) is 0 Å². The lowest BCUT2D eigenvalue weighted by Crippen LogP contribution is -1.99. The zero-order chi connectivity index (χ0) is 13.8. The predicted molar refractivity (Wildman–Crippen MR) is 76.5 cm³/mol. The van der Waals surface area contributed by atoms with Gasteiger partial charge in [-0.2, -0.15) is 0 Å². The van der Waals surface area contributed by atoms with Crippen LogP contribution in [-0.4, -0.2) is 19.2 Å². The third-order valence-corrected chi connectivity index (χ3v) is 2.81. The second kappa shape index (κ2) is 5.67. The molecule has 2 aromatic rings. The Morgan fingerprint density at radius 2 is 2.00 bits per heavy atom. The Morgan fingerprint density at radius 3 is 2.63 bits per heavy atom. The Balaban J connectivity index is 2.36. The molecule has 0 amide bonds. The zero-order valence-corrected chi connectivity index (χ0v) is 11.4. The normalized spacial score (nSPS) is 10.1. The van der Waals surface area contributed by atoms with E-state index in [-0.39, 0.29) is 0 Å². The number of aromatic nitrogens is 1. The van der Waals surface area contributed by atoms with E-state index in [1.807, 2.05) is 6.07 Å². The average molecular weight is 280 g/mol. The number of halogens is 1. The van der Waals surface area contributed by atoms with E-state index in [0.717, 1.165) is 0 Å². The van der Waals surface area contributed by atoms with Gasteiger partial charge in [0, 0.05) is 6.07 Å². The molecule has 0 fully saturated rings. The summed E-state index contributed by atoms with van der Waals surface area (Å²) in [5, 5.41) is 3.53. The fourth-order valence-electron chi connectivity index (χ4n) is 1.58. The van der Waals surface area contributed by atoms with E-state index in [1.165, 1.54) is 6.20 Å². The van der Waals surface area contributed by atoms with E-state index < -0.39 is 0 Å². The average Bonchev–Trinajstić information content (AvgIpc) is 2.41. The van der Waals surface area contributed by atoms with Crippen molar-refractivity contribution in [1.29, 1.82) is 0 Å². The van der Waals surface area contributed by atoms with Gasteiger partial charge in [0.25, 0.3) is 0 Å². The molecule has 0 aliphatic heterocycles. The summed E-state index contributed by atoms with van der Waals surface area (Å²) in [4.78, 5) is 4.14. The van der Waals surface area contributed by atoms with Crippen molar-refractivity contribution < 1.29 is 9.47 Å². The number of hydrogen-bond acceptors (Lipinski definition) is 5. The topological polar surface area (TPSA) is 69.4 Å². The third-order valence-electron chi connectivity index (χ3n) is 2.52. The molecule has 0 aliphatic rings. The van der Waals surface area contributed by atoms with Crippen molar-refractivity contribution in [2.75, 3.05) is 25.3 Å². The fraction of sp³-hybridized carbons (Fsp3) is 0.154. The van der Waals surface area contributed by atoms with E-state index in [2.05, 4.69) is 10.3 Å². The minimum Gasteiger partial charge on any atom is -0.497 e. The molecule has 0 aliphatic carbocycles. The van der Waals surface area contributed by atoms with Gasteiger partial charge in [-0.25, -0.2) is 4.98 Å². The minimum atomic E-state index is 0.435.